The van der Waals surface area contributed by atoms with E-state index in [1.807, 2.05) is 66.7 Å². The average Bonchev–Trinajstić information content (AvgIpc) is 2.83. The zero-order valence-electron chi connectivity index (χ0n) is 18.5. The van der Waals surface area contributed by atoms with Gasteiger partial charge in [-0.05, 0) is 35.1 Å². The van der Waals surface area contributed by atoms with Gasteiger partial charge in [-0.15, -0.1) is 0 Å². The molecule has 32 heavy (non-hydrogen) atoms. The van der Waals surface area contributed by atoms with Crippen LogP contribution in [-0.4, -0.2) is 16.0 Å². The Kier molecular flexibility index (Phi) is 6.50. The monoisotopic (exact) mass is 424 g/mol. The maximum atomic E-state index is 12.9. The Morgan fingerprint density at radius 1 is 0.906 bits per heavy atom. The Labute approximate surface area is 189 Å². The number of aromatic nitrogens is 1. The first-order valence-corrected chi connectivity index (χ1v) is 11.0. The quantitative estimate of drug-likeness (QED) is 0.388. The van der Waals surface area contributed by atoms with E-state index in [0.717, 1.165) is 16.5 Å². The van der Waals surface area contributed by atoms with Crippen LogP contribution in [-0.2, 0) is 11.2 Å². The second-order valence-electron chi connectivity index (χ2n) is 8.39. The first kappa shape index (κ1) is 21.6. The summed E-state index contributed by atoms with van der Waals surface area (Å²) in [5, 5.41) is 15.0. The largest absolute Gasteiger partial charge is 0.505 e. The van der Waals surface area contributed by atoms with E-state index in [2.05, 4.69) is 36.3 Å². The molecule has 0 aliphatic carbocycles. The summed E-state index contributed by atoms with van der Waals surface area (Å²) < 4.78 is 0. The van der Waals surface area contributed by atoms with Gasteiger partial charge in [-0.2, -0.15) is 0 Å². The molecule has 1 aromatic heterocycles. The second-order valence-corrected chi connectivity index (χ2v) is 8.39. The van der Waals surface area contributed by atoms with E-state index in [-0.39, 0.29) is 11.7 Å². The summed E-state index contributed by atoms with van der Waals surface area (Å²) in [5.41, 5.74) is 4.45. The van der Waals surface area contributed by atoms with E-state index < -0.39 is 6.04 Å². The van der Waals surface area contributed by atoms with Crippen molar-refractivity contribution < 1.29 is 9.90 Å². The lowest BCUT2D eigenvalue weighted by atomic mass is 9.93. The van der Waals surface area contributed by atoms with Gasteiger partial charge in [0, 0.05) is 23.6 Å². The zero-order valence-corrected chi connectivity index (χ0v) is 18.5. The summed E-state index contributed by atoms with van der Waals surface area (Å²) in [6.45, 7) is 4.30. The molecule has 0 bridgehead atoms. The highest BCUT2D eigenvalue weighted by atomic mass is 16.3. The molecule has 2 N–H and O–H groups in total. The van der Waals surface area contributed by atoms with Crippen LogP contribution < -0.4 is 5.32 Å². The number of fused-ring (bicyclic) bond motifs is 1. The maximum absolute atomic E-state index is 12.9. The third-order valence-electron chi connectivity index (χ3n) is 5.82. The van der Waals surface area contributed by atoms with Crippen LogP contribution >= 0.6 is 0 Å². The number of carbonyl (C=O) groups excluding carboxylic acids is 1. The van der Waals surface area contributed by atoms with Crippen LogP contribution in [0.4, 0.5) is 0 Å². The molecule has 162 valence electrons. The molecule has 4 aromatic rings. The van der Waals surface area contributed by atoms with E-state index in [4.69, 9.17) is 0 Å². The Bertz CT molecular complexity index is 1200. The third kappa shape index (κ3) is 4.80. The van der Waals surface area contributed by atoms with Gasteiger partial charge in [0.15, 0.2) is 0 Å². The number of aromatic hydroxyl groups is 1. The van der Waals surface area contributed by atoms with Crippen LogP contribution in [0.2, 0.25) is 0 Å². The molecular formula is C28H28N2O2. The number of hydrogen-bond donors (Lipinski definition) is 2. The molecule has 0 unspecified atom stereocenters. The first-order valence-electron chi connectivity index (χ1n) is 11.0. The Morgan fingerprint density at radius 3 is 2.34 bits per heavy atom. The van der Waals surface area contributed by atoms with Gasteiger partial charge in [0.2, 0.25) is 5.91 Å². The molecule has 0 aliphatic heterocycles. The molecule has 0 aliphatic rings. The number of phenols is 1. The minimum atomic E-state index is -0.467. The number of rotatable bonds is 7. The smallest absolute Gasteiger partial charge is 0.221 e. The van der Waals surface area contributed by atoms with Crippen molar-refractivity contribution in [2.45, 2.75) is 38.6 Å². The van der Waals surface area contributed by atoms with Crippen LogP contribution in [0.3, 0.4) is 0 Å². The van der Waals surface area contributed by atoms with Gasteiger partial charge >= 0.3 is 0 Å². The summed E-state index contributed by atoms with van der Waals surface area (Å²) >= 11 is 0. The summed E-state index contributed by atoms with van der Waals surface area (Å²) in [6.07, 6.45) is 2.70. The number of pyridine rings is 1. The highest BCUT2D eigenvalue weighted by Crippen LogP contribution is 2.35. The molecule has 0 fully saturated rings. The molecule has 3 aromatic carbocycles. The molecule has 0 saturated heterocycles. The Balaban J connectivity index is 1.65. The van der Waals surface area contributed by atoms with Gasteiger partial charge in [-0.25, -0.2) is 0 Å². The average molecular weight is 425 g/mol. The molecular weight excluding hydrogens is 396 g/mol. The number of carbonyl (C=O) groups is 1. The van der Waals surface area contributed by atoms with Gasteiger partial charge in [-0.3, -0.25) is 9.78 Å². The van der Waals surface area contributed by atoms with E-state index in [1.54, 1.807) is 6.20 Å². The van der Waals surface area contributed by atoms with Gasteiger partial charge in [-0.1, -0.05) is 86.6 Å². The minimum absolute atomic E-state index is 0.0627. The number of nitrogens with one attached hydrogen (secondary N) is 1. The highest BCUT2D eigenvalue weighted by Gasteiger charge is 2.22. The lowest BCUT2D eigenvalue weighted by molar-refractivity contribution is -0.121. The van der Waals surface area contributed by atoms with E-state index >= 15 is 0 Å². The molecule has 1 atom stereocenters. The fourth-order valence-electron chi connectivity index (χ4n) is 3.93. The van der Waals surface area contributed by atoms with Crippen molar-refractivity contribution in [2.75, 3.05) is 0 Å². The van der Waals surface area contributed by atoms with E-state index in [0.29, 0.717) is 29.8 Å². The topological polar surface area (TPSA) is 62.2 Å². The van der Waals surface area contributed by atoms with Gasteiger partial charge in [0.1, 0.15) is 11.3 Å². The number of nitrogens with zero attached hydrogens (tertiary/aromatic N) is 1. The van der Waals surface area contributed by atoms with Crippen molar-refractivity contribution >= 4 is 16.8 Å². The predicted octanol–water partition coefficient (Wildman–Crippen LogP) is 5.90. The summed E-state index contributed by atoms with van der Waals surface area (Å²) in [7, 11) is 0. The van der Waals surface area contributed by atoms with Crippen molar-refractivity contribution in [2.24, 2.45) is 0 Å². The zero-order chi connectivity index (χ0) is 22.5. The number of phenolic OH excluding ortho intramolecular Hbond substituents is 1. The molecule has 1 amide bonds. The number of benzene rings is 3. The van der Waals surface area contributed by atoms with Gasteiger partial charge in [0.05, 0.1) is 6.04 Å². The molecule has 0 radical (unpaired) electrons. The number of amides is 1. The first-order chi connectivity index (χ1) is 15.5. The standard InChI is InChI=1S/C28H28N2O2/c1-19(2)21-11-13-23(14-12-21)26(30-25(31)17-10-20-7-4-3-5-8-20)24-16-15-22-9-6-18-29-27(22)28(24)32/h3-9,11-16,18-19,26,32H,10,17H2,1-2H3,(H,30,31)/t26-/m1/s1. The second kappa shape index (κ2) is 9.65. The van der Waals surface area contributed by atoms with E-state index in [9.17, 15) is 9.90 Å². The fraction of sp³-hybridized carbons (Fsp3) is 0.214. The molecule has 4 nitrogen and oxygen atoms in total. The van der Waals surface area contributed by atoms with E-state index in [1.165, 1.54) is 5.56 Å². The van der Waals surface area contributed by atoms with Gasteiger partial charge in [0.25, 0.3) is 0 Å². The molecule has 4 heteroatoms. The van der Waals surface area contributed by atoms with Crippen LogP contribution in [0, 0.1) is 0 Å². The van der Waals surface area contributed by atoms with Crippen molar-refractivity contribution in [3.63, 3.8) is 0 Å². The van der Waals surface area contributed by atoms with Crippen LogP contribution in [0.15, 0.2) is 85.1 Å². The number of hydrogen-bond acceptors (Lipinski definition) is 3. The number of aryl methyl sites for hydroxylation is 1. The maximum Gasteiger partial charge on any atom is 0.221 e. The molecule has 1 heterocycles. The Hall–Kier alpha value is -3.66. The van der Waals surface area contributed by atoms with Gasteiger partial charge < -0.3 is 10.4 Å². The van der Waals surface area contributed by atoms with Crippen molar-refractivity contribution in [1.29, 1.82) is 0 Å². The van der Waals surface area contributed by atoms with Crippen LogP contribution in [0.25, 0.3) is 10.9 Å². The molecule has 0 saturated carbocycles. The summed E-state index contributed by atoms with van der Waals surface area (Å²) in [5.74, 6) is 0.456. The SMILES string of the molecule is CC(C)c1ccc([C@@H](NC(=O)CCc2ccccc2)c2ccc3cccnc3c2O)cc1. The lowest BCUT2D eigenvalue weighted by Gasteiger charge is -2.22. The lowest BCUT2D eigenvalue weighted by Crippen LogP contribution is -2.29. The highest BCUT2D eigenvalue weighted by molar-refractivity contribution is 5.86. The molecule has 4 rings (SSSR count). The normalized spacial score (nSPS) is 12.1. The van der Waals surface area contributed by atoms with Crippen molar-refractivity contribution in [3.8, 4) is 5.75 Å². The van der Waals surface area contributed by atoms with Crippen molar-refractivity contribution in [1.82, 2.24) is 10.3 Å². The summed E-state index contributed by atoms with van der Waals surface area (Å²) in [6, 6.07) is 25.3. The minimum Gasteiger partial charge on any atom is -0.505 e. The van der Waals surface area contributed by atoms with Crippen LogP contribution in [0.1, 0.15) is 54.5 Å². The molecule has 0 spiro atoms. The van der Waals surface area contributed by atoms with Crippen molar-refractivity contribution in [3.05, 3.63) is 107 Å². The predicted molar refractivity (Wildman–Crippen MR) is 129 cm³/mol. The summed E-state index contributed by atoms with van der Waals surface area (Å²) in [4.78, 5) is 17.3. The Morgan fingerprint density at radius 2 is 1.62 bits per heavy atom. The van der Waals surface area contributed by atoms with Crippen LogP contribution in [0.5, 0.6) is 5.75 Å². The third-order valence-corrected chi connectivity index (χ3v) is 5.82. The fourth-order valence-corrected chi connectivity index (χ4v) is 3.93.